The summed E-state index contributed by atoms with van der Waals surface area (Å²) in [5.41, 5.74) is 4.52. The van der Waals surface area contributed by atoms with Crippen LogP contribution in [-0.2, 0) is 16.6 Å². The third-order valence-corrected chi connectivity index (χ3v) is 5.17. The van der Waals surface area contributed by atoms with Crippen molar-refractivity contribution in [2.45, 2.75) is 80.7 Å². The summed E-state index contributed by atoms with van der Waals surface area (Å²) in [5.74, 6) is -0.106. The summed E-state index contributed by atoms with van der Waals surface area (Å²) in [4.78, 5) is 21.4. The van der Waals surface area contributed by atoms with Crippen LogP contribution in [0.5, 0.6) is 0 Å². The average Bonchev–Trinajstić information content (AvgIpc) is 3.07. The molecule has 0 aromatic carbocycles. The van der Waals surface area contributed by atoms with Gasteiger partial charge in [-0.3, -0.25) is 9.59 Å². The highest BCUT2D eigenvalue weighted by atomic mass is 35.5. The second-order valence-electron chi connectivity index (χ2n) is 8.20. The van der Waals surface area contributed by atoms with Gasteiger partial charge in [0.1, 0.15) is 12.4 Å². The monoisotopic (exact) mass is 418 g/mol. The van der Waals surface area contributed by atoms with Gasteiger partial charge in [0.25, 0.3) is 0 Å². The fourth-order valence-electron chi connectivity index (χ4n) is 1.61. The second-order valence-corrected chi connectivity index (χ2v) is 8.20. The van der Waals surface area contributed by atoms with E-state index in [1.807, 2.05) is 48.6 Å². The molecule has 1 aromatic rings. The van der Waals surface area contributed by atoms with Crippen molar-refractivity contribution in [3.05, 3.63) is 18.7 Å². The van der Waals surface area contributed by atoms with Crippen LogP contribution >= 0.6 is 0 Å². The molecule has 0 saturated heterocycles. The predicted octanol–water partition coefficient (Wildman–Crippen LogP) is 0.364. The minimum atomic E-state index is -0.319. The number of halogens is 1. The lowest BCUT2D eigenvalue weighted by molar-refractivity contribution is -0.671. The normalized spacial score (nSPS) is 11.6. The molecule has 2 amide bonds. The quantitative estimate of drug-likeness (QED) is 0.654. The number of primary amides is 1. The van der Waals surface area contributed by atoms with Gasteiger partial charge in [-0.1, -0.05) is 48.5 Å². The number of aryl methyl sites for hydroxylation is 1. The maximum absolute atomic E-state index is 11.0. The number of carbonyl (C=O) groups is 2. The number of hydrogen-bond donors (Lipinski definition) is 2. The Morgan fingerprint density at radius 3 is 1.75 bits per heavy atom. The lowest BCUT2D eigenvalue weighted by atomic mass is 9.89. The number of amides is 2. The molecular weight excluding hydrogens is 376 g/mol. The van der Waals surface area contributed by atoms with Crippen molar-refractivity contribution in [3.8, 4) is 0 Å². The number of nitrogens with zero attached hydrogens (tertiary/aromatic N) is 2. The molecule has 0 fully saturated rings. The first-order valence-corrected chi connectivity index (χ1v) is 9.83. The van der Waals surface area contributed by atoms with Gasteiger partial charge >= 0.3 is 0 Å². The largest absolute Gasteiger partial charge is 1.00 e. The van der Waals surface area contributed by atoms with Gasteiger partial charge in [0.05, 0.1) is 13.1 Å². The summed E-state index contributed by atoms with van der Waals surface area (Å²) in [5, 5.41) is 2.62. The Labute approximate surface area is 178 Å². The Kier molecular flexibility index (Phi) is 16.1. The molecule has 166 valence electrons. The van der Waals surface area contributed by atoms with Crippen LogP contribution in [-0.4, -0.2) is 23.4 Å². The standard InChI is InChI=1S/C8H15N2.C7H15NO.C6H13NO.ClH/c1-4-8(2)10-6-5-9(3)7-10;1-5-7(2,3)6(9)8-4;1-4-6(2,3)5(7)8;/h5-8H,4H2,1-3H3;5H2,1-4H3,(H,8,9);4H2,1-3H3,(H2,7,8);1H/q+1;;;/p-1. The van der Waals surface area contributed by atoms with Crippen LogP contribution in [0.25, 0.3) is 0 Å². The number of aromatic nitrogens is 2. The molecule has 0 saturated carbocycles. The maximum Gasteiger partial charge on any atom is 0.243 e. The second kappa shape index (κ2) is 14.4. The molecule has 1 heterocycles. The van der Waals surface area contributed by atoms with Crippen LogP contribution in [0.3, 0.4) is 0 Å². The van der Waals surface area contributed by atoms with E-state index < -0.39 is 0 Å². The molecule has 3 N–H and O–H groups in total. The maximum atomic E-state index is 11.0. The van der Waals surface area contributed by atoms with Crippen LogP contribution in [0.2, 0.25) is 0 Å². The minimum Gasteiger partial charge on any atom is -1.00 e. The molecule has 0 aliphatic carbocycles. The summed E-state index contributed by atoms with van der Waals surface area (Å²) in [7, 11) is 3.71. The molecule has 1 atom stereocenters. The van der Waals surface area contributed by atoms with Crippen molar-refractivity contribution in [3.63, 3.8) is 0 Å². The summed E-state index contributed by atoms with van der Waals surface area (Å²) < 4.78 is 4.28. The summed E-state index contributed by atoms with van der Waals surface area (Å²) in [6, 6.07) is 0.626. The van der Waals surface area contributed by atoms with Gasteiger partial charge in [-0.15, -0.1) is 0 Å². The Bertz CT molecular complexity index is 569. The number of imidazole rings is 1. The molecule has 1 unspecified atom stereocenters. The molecule has 0 aliphatic rings. The van der Waals surface area contributed by atoms with Gasteiger partial charge in [0, 0.05) is 17.9 Å². The first-order chi connectivity index (χ1) is 12.3. The molecule has 7 heteroatoms. The molecule has 0 radical (unpaired) electrons. The fourth-order valence-corrected chi connectivity index (χ4v) is 1.61. The van der Waals surface area contributed by atoms with Crippen molar-refractivity contribution in [1.82, 2.24) is 9.88 Å². The van der Waals surface area contributed by atoms with Gasteiger partial charge in [0.15, 0.2) is 0 Å². The van der Waals surface area contributed by atoms with Crippen molar-refractivity contribution < 1.29 is 26.6 Å². The zero-order valence-corrected chi connectivity index (χ0v) is 20.4. The van der Waals surface area contributed by atoms with E-state index >= 15 is 0 Å². The minimum absolute atomic E-state index is 0. The van der Waals surface area contributed by atoms with Crippen LogP contribution in [0.15, 0.2) is 18.7 Å². The van der Waals surface area contributed by atoms with Crippen LogP contribution in [0.1, 0.15) is 80.7 Å². The SMILES string of the molecule is CCC(C)(C)C(=O)NC.CCC(C)(C)C(N)=O.CCC(C)n1cc[n+](C)c1.[Cl-]. The molecular formula is C21H43ClN4O2. The summed E-state index contributed by atoms with van der Waals surface area (Å²) >= 11 is 0. The lowest BCUT2D eigenvalue weighted by Gasteiger charge is -2.19. The molecule has 0 bridgehead atoms. The smallest absolute Gasteiger partial charge is 0.243 e. The number of nitrogens with two attached hydrogens (primary N) is 1. The topological polar surface area (TPSA) is 81.0 Å². The fraction of sp³-hybridized carbons (Fsp3) is 0.762. The highest BCUT2D eigenvalue weighted by Crippen LogP contribution is 2.18. The van der Waals surface area contributed by atoms with Crippen LogP contribution < -0.4 is 28.0 Å². The Morgan fingerprint density at radius 1 is 1.11 bits per heavy atom. The van der Waals surface area contributed by atoms with Gasteiger partial charge in [0.2, 0.25) is 18.1 Å². The first kappa shape index (κ1) is 31.1. The van der Waals surface area contributed by atoms with Gasteiger partial charge < -0.3 is 23.5 Å². The molecule has 0 aliphatic heterocycles. The number of nitrogens with one attached hydrogen (secondary N) is 1. The number of carbonyl (C=O) groups excluding carboxylic acids is 2. The highest BCUT2D eigenvalue weighted by Gasteiger charge is 2.23. The molecule has 1 rings (SSSR count). The van der Waals surface area contributed by atoms with E-state index in [0.29, 0.717) is 6.04 Å². The lowest BCUT2D eigenvalue weighted by Crippen LogP contribution is -3.00. The molecule has 6 nitrogen and oxygen atoms in total. The molecule has 0 spiro atoms. The van der Waals surface area contributed by atoms with Crippen molar-refractivity contribution in [2.75, 3.05) is 7.05 Å². The Balaban J connectivity index is -0.000000332. The van der Waals surface area contributed by atoms with E-state index in [1.165, 1.54) is 6.42 Å². The van der Waals surface area contributed by atoms with E-state index in [-0.39, 0.29) is 35.1 Å². The number of hydrogen-bond acceptors (Lipinski definition) is 2. The third kappa shape index (κ3) is 12.0. The molecule has 28 heavy (non-hydrogen) atoms. The van der Waals surface area contributed by atoms with Gasteiger partial charge in [-0.2, -0.15) is 0 Å². The van der Waals surface area contributed by atoms with Gasteiger partial charge in [-0.25, -0.2) is 9.13 Å². The van der Waals surface area contributed by atoms with E-state index in [0.717, 1.165) is 12.8 Å². The van der Waals surface area contributed by atoms with E-state index in [1.54, 1.807) is 7.05 Å². The zero-order valence-electron chi connectivity index (χ0n) is 19.6. The average molecular weight is 419 g/mol. The van der Waals surface area contributed by atoms with Crippen molar-refractivity contribution in [1.29, 1.82) is 0 Å². The molecule has 1 aromatic heterocycles. The van der Waals surface area contributed by atoms with Crippen molar-refractivity contribution in [2.24, 2.45) is 23.6 Å². The predicted molar refractivity (Wildman–Crippen MR) is 112 cm³/mol. The summed E-state index contributed by atoms with van der Waals surface area (Å²) in [6.45, 7) is 15.9. The van der Waals surface area contributed by atoms with Crippen LogP contribution in [0.4, 0.5) is 0 Å². The summed E-state index contributed by atoms with van der Waals surface area (Å²) in [6.07, 6.45) is 9.15. The third-order valence-electron chi connectivity index (χ3n) is 5.17. The van der Waals surface area contributed by atoms with E-state index in [4.69, 9.17) is 5.73 Å². The first-order valence-electron chi connectivity index (χ1n) is 9.83. The Hall–Kier alpha value is -1.56. The van der Waals surface area contributed by atoms with Gasteiger partial charge in [-0.05, 0) is 26.2 Å². The van der Waals surface area contributed by atoms with Crippen molar-refractivity contribution >= 4 is 11.8 Å². The zero-order chi connectivity index (χ0) is 21.8. The van der Waals surface area contributed by atoms with E-state index in [2.05, 4.69) is 47.0 Å². The number of rotatable bonds is 6. The van der Waals surface area contributed by atoms with E-state index in [9.17, 15) is 9.59 Å². The van der Waals surface area contributed by atoms with Crippen LogP contribution in [0, 0.1) is 10.8 Å². The highest BCUT2D eigenvalue weighted by molar-refractivity contribution is 5.81. The Morgan fingerprint density at radius 2 is 1.57 bits per heavy atom.